The molecule has 1 aromatic carbocycles. The zero-order valence-electron chi connectivity index (χ0n) is 13.5. The smallest absolute Gasteiger partial charge is 0.260 e. The van der Waals surface area contributed by atoms with Crippen LogP contribution in [0.25, 0.3) is 6.08 Å². The van der Waals surface area contributed by atoms with Crippen molar-refractivity contribution in [3.63, 3.8) is 0 Å². The van der Waals surface area contributed by atoms with E-state index in [0.29, 0.717) is 30.2 Å². The van der Waals surface area contributed by atoms with Crippen molar-refractivity contribution in [2.24, 2.45) is 0 Å². The molecule has 0 bridgehead atoms. The van der Waals surface area contributed by atoms with Gasteiger partial charge >= 0.3 is 0 Å². The Bertz CT molecular complexity index is 649. The molecule has 0 atom stereocenters. The first-order valence-corrected chi connectivity index (χ1v) is 7.20. The SMILES string of the molecule is CCN(CC)C(=O)COc1ccc(C=C(C#N)C#N)cc1OC. The Morgan fingerprint density at radius 3 is 2.39 bits per heavy atom. The van der Waals surface area contributed by atoms with E-state index in [9.17, 15) is 4.79 Å². The minimum atomic E-state index is -0.0997. The largest absolute Gasteiger partial charge is 0.493 e. The number of hydrogen-bond acceptors (Lipinski definition) is 5. The fourth-order valence-corrected chi connectivity index (χ4v) is 1.96. The van der Waals surface area contributed by atoms with E-state index in [0.717, 1.165) is 0 Å². The molecule has 0 saturated carbocycles. The Morgan fingerprint density at radius 2 is 1.87 bits per heavy atom. The highest BCUT2D eigenvalue weighted by Gasteiger charge is 2.12. The molecule has 1 amide bonds. The highest BCUT2D eigenvalue weighted by Crippen LogP contribution is 2.29. The topological polar surface area (TPSA) is 86.4 Å². The van der Waals surface area contributed by atoms with Gasteiger partial charge in [-0.25, -0.2) is 0 Å². The van der Waals surface area contributed by atoms with Crippen LogP contribution in [0.1, 0.15) is 19.4 Å². The van der Waals surface area contributed by atoms with Crippen LogP contribution in [0.15, 0.2) is 23.8 Å². The van der Waals surface area contributed by atoms with Crippen LogP contribution in [0.2, 0.25) is 0 Å². The van der Waals surface area contributed by atoms with Crippen molar-refractivity contribution < 1.29 is 14.3 Å². The van der Waals surface area contributed by atoms with E-state index in [4.69, 9.17) is 20.0 Å². The third-order valence-electron chi connectivity index (χ3n) is 3.21. The van der Waals surface area contributed by atoms with Crippen LogP contribution >= 0.6 is 0 Å². The molecule has 0 fully saturated rings. The van der Waals surface area contributed by atoms with E-state index in [-0.39, 0.29) is 18.1 Å². The summed E-state index contributed by atoms with van der Waals surface area (Å²) in [5, 5.41) is 17.5. The van der Waals surface area contributed by atoms with Crippen molar-refractivity contribution in [1.29, 1.82) is 10.5 Å². The lowest BCUT2D eigenvalue weighted by molar-refractivity contribution is -0.132. The summed E-state index contributed by atoms with van der Waals surface area (Å²) >= 11 is 0. The van der Waals surface area contributed by atoms with Gasteiger partial charge in [-0.2, -0.15) is 10.5 Å². The molecule has 0 radical (unpaired) electrons. The van der Waals surface area contributed by atoms with Gasteiger partial charge in [0.05, 0.1) is 7.11 Å². The molecular weight excluding hydrogens is 294 g/mol. The fraction of sp³-hybridized carbons (Fsp3) is 0.353. The highest BCUT2D eigenvalue weighted by molar-refractivity contribution is 5.77. The lowest BCUT2D eigenvalue weighted by atomic mass is 10.1. The third kappa shape index (κ3) is 5.05. The Morgan fingerprint density at radius 1 is 1.22 bits per heavy atom. The number of likely N-dealkylation sites (N-methyl/N-ethyl adjacent to an activating group) is 1. The van der Waals surface area contributed by atoms with E-state index in [1.54, 1.807) is 35.2 Å². The molecule has 1 rings (SSSR count). The summed E-state index contributed by atoms with van der Waals surface area (Å²) in [6, 6.07) is 8.57. The minimum Gasteiger partial charge on any atom is -0.493 e. The number of nitrogens with zero attached hydrogens (tertiary/aromatic N) is 3. The maximum atomic E-state index is 11.9. The number of allylic oxidation sites excluding steroid dienone is 1. The fourth-order valence-electron chi connectivity index (χ4n) is 1.96. The molecule has 120 valence electrons. The molecule has 0 saturated heterocycles. The Kier molecular flexibility index (Phi) is 7.16. The lowest BCUT2D eigenvalue weighted by Gasteiger charge is -2.19. The quantitative estimate of drug-likeness (QED) is 0.721. The average Bonchev–Trinajstić information content (AvgIpc) is 2.59. The summed E-state index contributed by atoms with van der Waals surface area (Å²) in [5.41, 5.74) is 0.639. The third-order valence-corrected chi connectivity index (χ3v) is 3.21. The zero-order valence-corrected chi connectivity index (χ0v) is 13.5. The first kappa shape index (κ1) is 18.1. The molecule has 0 aromatic heterocycles. The number of benzene rings is 1. The molecule has 0 unspecified atom stereocenters. The number of methoxy groups -OCH3 is 1. The Balaban J connectivity index is 2.90. The monoisotopic (exact) mass is 313 g/mol. The molecule has 6 nitrogen and oxygen atoms in total. The summed E-state index contributed by atoms with van der Waals surface area (Å²) in [7, 11) is 1.48. The van der Waals surface area contributed by atoms with Crippen molar-refractivity contribution in [2.45, 2.75) is 13.8 Å². The molecule has 0 N–H and O–H groups in total. The summed E-state index contributed by atoms with van der Waals surface area (Å²) < 4.78 is 10.8. The van der Waals surface area contributed by atoms with Crippen LogP contribution in [0, 0.1) is 22.7 Å². The van der Waals surface area contributed by atoms with E-state index in [1.165, 1.54) is 13.2 Å². The molecule has 0 aliphatic heterocycles. The molecule has 23 heavy (non-hydrogen) atoms. The molecule has 0 aliphatic carbocycles. The second-order valence-corrected chi connectivity index (χ2v) is 4.55. The van der Waals surface area contributed by atoms with Gasteiger partial charge in [0.15, 0.2) is 18.1 Å². The summed E-state index contributed by atoms with van der Waals surface area (Å²) in [5.74, 6) is 0.763. The first-order chi connectivity index (χ1) is 11.1. The minimum absolute atomic E-state index is 0.00238. The van der Waals surface area contributed by atoms with Gasteiger partial charge in [0, 0.05) is 13.1 Å². The van der Waals surface area contributed by atoms with Gasteiger partial charge in [-0.05, 0) is 37.6 Å². The van der Waals surface area contributed by atoms with Crippen molar-refractivity contribution in [2.75, 3.05) is 26.8 Å². The maximum Gasteiger partial charge on any atom is 0.260 e. The van der Waals surface area contributed by atoms with Crippen LogP contribution in [-0.4, -0.2) is 37.6 Å². The van der Waals surface area contributed by atoms with Gasteiger partial charge in [-0.15, -0.1) is 0 Å². The van der Waals surface area contributed by atoms with Gasteiger partial charge < -0.3 is 14.4 Å². The second-order valence-electron chi connectivity index (χ2n) is 4.55. The number of amides is 1. The van der Waals surface area contributed by atoms with Gasteiger partial charge in [0.2, 0.25) is 0 Å². The van der Waals surface area contributed by atoms with Gasteiger partial charge in [-0.3, -0.25) is 4.79 Å². The lowest BCUT2D eigenvalue weighted by Crippen LogP contribution is -2.34. The van der Waals surface area contributed by atoms with E-state index >= 15 is 0 Å². The molecule has 0 heterocycles. The van der Waals surface area contributed by atoms with Crippen LogP contribution in [-0.2, 0) is 4.79 Å². The normalized spacial score (nSPS) is 9.26. The Labute approximate surface area is 136 Å². The summed E-state index contributed by atoms with van der Waals surface area (Å²) in [6.07, 6.45) is 1.45. The van der Waals surface area contributed by atoms with Gasteiger partial charge in [0.1, 0.15) is 17.7 Å². The van der Waals surface area contributed by atoms with Crippen molar-refractivity contribution in [3.8, 4) is 23.6 Å². The number of nitriles is 2. The summed E-state index contributed by atoms with van der Waals surface area (Å²) in [6.45, 7) is 5.00. The van der Waals surface area contributed by atoms with Crippen LogP contribution < -0.4 is 9.47 Å². The number of ether oxygens (including phenoxy) is 2. The van der Waals surface area contributed by atoms with Crippen LogP contribution in [0.5, 0.6) is 11.5 Å². The molecule has 0 spiro atoms. The molecule has 0 aliphatic rings. The number of hydrogen-bond donors (Lipinski definition) is 0. The van der Waals surface area contributed by atoms with Crippen molar-refractivity contribution in [1.82, 2.24) is 4.90 Å². The zero-order chi connectivity index (χ0) is 17.2. The van der Waals surface area contributed by atoms with Crippen molar-refractivity contribution >= 4 is 12.0 Å². The number of carbonyl (C=O) groups is 1. The van der Waals surface area contributed by atoms with Gasteiger partial charge in [-0.1, -0.05) is 6.07 Å². The number of rotatable bonds is 7. The van der Waals surface area contributed by atoms with E-state index < -0.39 is 0 Å². The first-order valence-electron chi connectivity index (χ1n) is 7.20. The standard InChI is InChI=1S/C17H19N3O3/c1-4-20(5-2)17(21)12-23-15-7-6-13(9-16(15)22-3)8-14(10-18)11-19/h6-9H,4-5,12H2,1-3H3. The molecular formula is C17H19N3O3. The average molecular weight is 313 g/mol. The second kappa shape index (κ2) is 9.11. The summed E-state index contributed by atoms with van der Waals surface area (Å²) in [4.78, 5) is 13.6. The maximum absolute atomic E-state index is 11.9. The highest BCUT2D eigenvalue weighted by atomic mass is 16.5. The van der Waals surface area contributed by atoms with Crippen LogP contribution in [0.4, 0.5) is 0 Å². The Hall–Kier alpha value is -2.99. The molecule has 6 heteroatoms. The predicted octanol–water partition coefficient (Wildman–Crippen LogP) is 2.37. The van der Waals surface area contributed by atoms with Gasteiger partial charge in [0.25, 0.3) is 5.91 Å². The van der Waals surface area contributed by atoms with E-state index in [2.05, 4.69) is 0 Å². The van der Waals surface area contributed by atoms with E-state index in [1.807, 2.05) is 13.8 Å². The van der Waals surface area contributed by atoms with Crippen molar-refractivity contribution in [3.05, 3.63) is 29.3 Å². The predicted molar refractivity (Wildman–Crippen MR) is 85.6 cm³/mol. The van der Waals surface area contributed by atoms with Crippen LogP contribution in [0.3, 0.4) is 0 Å². The molecule has 1 aromatic rings. The number of carbonyl (C=O) groups excluding carboxylic acids is 1.